The van der Waals surface area contributed by atoms with Gasteiger partial charge in [-0.05, 0) is 41.6 Å². The second kappa shape index (κ2) is 11.9. The zero-order chi connectivity index (χ0) is 36.4. The van der Waals surface area contributed by atoms with E-state index >= 15 is 0 Å². The maximum absolute atomic E-state index is 7.87. The molecule has 3 aromatic heterocycles. The minimum atomic E-state index is -2.17. The van der Waals surface area contributed by atoms with Crippen molar-refractivity contribution < 1.29 is 4.11 Å². The first kappa shape index (κ1) is 26.5. The maximum atomic E-state index is 7.87. The summed E-state index contributed by atoms with van der Waals surface area (Å²) in [5.41, 5.74) is 10.6. The number of hydrogen-bond donors (Lipinski definition) is 0. The Balaban J connectivity index is 1.27. The molecule has 0 N–H and O–H groups in total. The molecule has 0 saturated carbocycles. The number of nitrogens with zero attached hydrogens (tertiary/aromatic N) is 3. The van der Waals surface area contributed by atoms with E-state index in [9.17, 15) is 0 Å². The van der Waals surface area contributed by atoms with Gasteiger partial charge in [0.25, 0.3) is 0 Å². The van der Waals surface area contributed by atoms with Gasteiger partial charge in [-0.3, -0.25) is 4.57 Å². The molecule has 10 aromatic rings. The molecule has 10 rings (SSSR count). The second-order valence-corrected chi connectivity index (χ2v) is 13.7. The van der Waals surface area contributed by atoms with E-state index in [0.29, 0.717) is 5.56 Å². The fraction of sp³-hybridized carbons (Fsp3) is 0.0213. The zero-order valence-electron chi connectivity index (χ0n) is 30.4. The Bertz CT molecular complexity index is 2960. The number of para-hydroxylation sites is 3. The van der Waals surface area contributed by atoms with Gasteiger partial charge in [-0.15, -0.1) is 11.3 Å². The van der Waals surface area contributed by atoms with Crippen LogP contribution in [0.5, 0.6) is 0 Å². The van der Waals surface area contributed by atoms with Gasteiger partial charge in [0.15, 0.2) is 0 Å². The lowest BCUT2D eigenvalue weighted by Crippen LogP contribution is -2.03. The molecule has 0 atom stereocenters. The number of pyridine rings is 1. The highest BCUT2D eigenvalue weighted by Gasteiger charge is 2.24. The number of rotatable bonds is 5. The highest BCUT2D eigenvalue weighted by molar-refractivity contribution is 7.26. The number of imidazole rings is 1. The molecule has 0 bridgehead atoms. The van der Waals surface area contributed by atoms with E-state index in [1.165, 1.54) is 0 Å². The molecule has 240 valence electrons. The molecule has 0 radical (unpaired) electrons. The van der Waals surface area contributed by atoms with E-state index in [-0.39, 0.29) is 0 Å². The summed E-state index contributed by atoms with van der Waals surface area (Å²) in [6.07, 6.45) is 0. The summed E-state index contributed by atoms with van der Waals surface area (Å²) in [5, 5.41) is 4.36. The Morgan fingerprint density at radius 3 is 1.84 bits per heavy atom. The van der Waals surface area contributed by atoms with Crippen LogP contribution in [0.3, 0.4) is 0 Å². The number of benzene rings is 7. The Morgan fingerprint density at radius 1 is 0.510 bits per heavy atom. The van der Waals surface area contributed by atoms with Crippen molar-refractivity contribution in [3.63, 3.8) is 0 Å². The van der Waals surface area contributed by atoms with Gasteiger partial charge in [-0.25, -0.2) is 9.97 Å². The summed E-state index contributed by atoms with van der Waals surface area (Å²) in [6.45, 7) is -2.17. The van der Waals surface area contributed by atoms with Crippen LogP contribution in [0.15, 0.2) is 170 Å². The quantitative estimate of drug-likeness (QED) is 0.182. The second-order valence-electron chi connectivity index (χ2n) is 12.7. The summed E-state index contributed by atoms with van der Waals surface area (Å²) >= 11 is 1.67. The standard InChI is InChI=1S/C47H31N3S/c1-30-26-28-33(29-27-30)43-37-19-9-8-18-36(37)42-38-22-13-23-39(45(38)51-47(42)49-43)46-48-40-24-10-11-25-41(40)50(46)44-34(31-14-4-2-5-15-31)20-12-21-35(44)32-16-6-3-7-17-32/h2-29H,1H3/i1D3. The molecule has 0 unspecified atom stereocenters. The molecule has 0 aliphatic carbocycles. The predicted molar refractivity (Wildman–Crippen MR) is 216 cm³/mol. The van der Waals surface area contributed by atoms with Gasteiger partial charge in [-0.2, -0.15) is 0 Å². The third-order valence-electron chi connectivity index (χ3n) is 9.75. The van der Waals surface area contributed by atoms with Crippen molar-refractivity contribution in [3.05, 3.63) is 175 Å². The Morgan fingerprint density at radius 2 is 1.12 bits per heavy atom. The van der Waals surface area contributed by atoms with Crippen LogP contribution in [0.4, 0.5) is 0 Å². The predicted octanol–water partition coefficient (Wildman–Crippen LogP) is 12.9. The average molecular weight is 673 g/mol. The molecule has 3 heterocycles. The number of fused-ring (bicyclic) bond motifs is 6. The molecule has 7 aromatic carbocycles. The van der Waals surface area contributed by atoms with E-state index in [4.69, 9.17) is 14.1 Å². The van der Waals surface area contributed by atoms with Gasteiger partial charge < -0.3 is 0 Å². The normalized spacial score (nSPS) is 12.7. The van der Waals surface area contributed by atoms with E-state index in [2.05, 4.69) is 138 Å². The molecule has 0 aliphatic heterocycles. The van der Waals surface area contributed by atoms with Crippen LogP contribution in [0.25, 0.3) is 92.7 Å². The van der Waals surface area contributed by atoms with Gasteiger partial charge >= 0.3 is 0 Å². The molecule has 3 nitrogen and oxygen atoms in total. The van der Waals surface area contributed by atoms with Crippen molar-refractivity contribution in [1.29, 1.82) is 0 Å². The van der Waals surface area contributed by atoms with Gasteiger partial charge in [0.05, 0.1) is 22.4 Å². The Hall–Kier alpha value is -6.36. The minimum Gasteiger partial charge on any atom is -0.291 e. The Kier molecular flexibility index (Phi) is 6.19. The molecule has 0 fully saturated rings. The Labute approximate surface area is 304 Å². The lowest BCUT2D eigenvalue weighted by molar-refractivity contribution is 1.11. The molecule has 51 heavy (non-hydrogen) atoms. The van der Waals surface area contributed by atoms with Crippen molar-refractivity contribution in [2.45, 2.75) is 6.85 Å². The summed E-state index contributed by atoms with van der Waals surface area (Å²) in [6, 6.07) is 58.1. The van der Waals surface area contributed by atoms with E-state index in [1.54, 1.807) is 23.5 Å². The highest BCUT2D eigenvalue weighted by Crippen LogP contribution is 2.46. The summed E-state index contributed by atoms with van der Waals surface area (Å²) < 4.78 is 27.1. The average Bonchev–Trinajstić information content (AvgIpc) is 3.79. The fourth-order valence-electron chi connectivity index (χ4n) is 7.46. The molecule has 0 aliphatic rings. The first-order valence-electron chi connectivity index (χ1n) is 18.5. The van der Waals surface area contributed by atoms with Crippen LogP contribution < -0.4 is 0 Å². The molecule has 0 spiro atoms. The first-order valence-corrected chi connectivity index (χ1v) is 17.8. The summed E-state index contributed by atoms with van der Waals surface area (Å²) in [5.74, 6) is 0.860. The van der Waals surface area contributed by atoms with E-state index in [0.717, 1.165) is 92.7 Å². The monoisotopic (exact) mass is 672 g/mol. The van der Waals surface area contributed by atoms with Crippen molar-refractivity contribution in [3.8, 4) is 50.6 Å². The number of aryl methyl sites for hydroxylation is 1. The largest absolute Gasteiger partial charge is 0.291 e. The SMILES string of the molecule is [2H]C([2H])([2H])c1ccc(-c2nc3sc4c(-c5nc6ccccc6n5-c5c(-c6ccccc6)cccc5-c5ccccc5)cccc4c3c3ccccc23)cc1. The van der Waals surface area contributed by atoms with Crippen molar-refractivity contribution >= 4 is 53.4 Å². The van der Waals surface area contributed by atoms with E-state index < -0.39 is 6.85 Å². The van der Waals surface area contributed by atoms with Crippen LogP contribution in [-0.4, -0.2) is 14.5 Å². The minimum absolute atomic E-state index is 0.315. The number of hydrogen-bond acceptors (Lipinski definition) is 3. The van der Waals surface area contributed by atoms with Gasteiger partial charge in [0, 0.05) is 47.2 Å². The highest BCUT2D eigenvalue weighted by atomic mass is 32.1. The van der Waals surface area contributed by atoms with Crippen LogP contribution >= 0.6 is 11.3 Å². The number of aromatic nitrogens is 3. The molecular weight excluding hydrogens is 639 g/mol. The van der Waals surface area contributed by atoms with Gasteiger partial charge in [0.1, 0.15) is 10.7 Å². The van der Waals surface area contributed by atoms with Gasteiger partial charge in [0.2, 0.25) is 0 Å². The van der Waals surface area contributed by atoms with Crippen LogP contribution in [-0.2, 0) is 0 Å². The van der Waals surface area contributed by atoms with Gasteiger partial charge in [-0.1, -0.05) is 157 Å². The molecule has 0 amide bonds. The number of thiophene rings is 1. The molecular formula is C47H31N3S. The van der Waals surface area contributed by atoms with Crippen LogP contribution in [0.2, 0.25) is 0 Å². The van der Waals surface area contributed by atoms with Crippen LogP contribution in [0, 0.1) is 6.85 Å². The van der Waals surface area contributed by atoms with Crippen molar-refractivity contribution in [2.24, 2.45) is 0 Å². The van der Waals surface area contributed by atoms with Crippen molar-refractivity contribution in [2.75, 3.05) is 0 Å². The van der Waals surface area contributed by atoms with E-state index in [1.807, 2.05) is 24.3 Å². The molecule has 4 heteroatoms. The lowest BCUT2D eigenvalue weighted by Gasteiger charge is -2.20. The van der Waals surface area contributed by atoms with Crippen LogP contribution in [0.1, 0.15) is 9.68 Å². The topological polar surface area (TPSA) is 30.7 Å². The third-order valence-corrected chi connectivity index (χ3v) is 10.9. The summed E-state index contributed by atoms with van der Waals surface area (Å²) in [7, 11) is 0. The lowest BCUT2D eigenvalue weighted by atomic mass is 9.95. The third kappa shape index (κ3) is 4.79. The molecule has 0 saturated heterocycles. The zero-order valence-corrected chi connectivity index (χ0v) is 28.2. The maximum Gasteiger partial charge on any atom is 0.147 e. The summed E-state index contributed by atoms with van der Waals surface area (Å²) in [4.78, 5) is 11.6. The van der Waals surface area contributed by atoms with Crippen molar-refractivity contribution in [1.82, 2.24) is 14.5 Å². The first-order chi connectivity index (χ1) is 26.4. The fourth-order valence-corrected chi connectivity index (χ4v) is 8.66. The smallest absolute Gasteiger partial charge is 0.147 e.